The van der Waals surface area contributed by atoms with Gasteiger partial charge >= 0.3 is 0 Å². The molecule has 0 aromatic heterocycles. The number of hydrogen-bond donors (Lipinski definition) is 3. The number of rotatable bonds is 6. The Morgan fingerprint density at radius 2 is 1.95 bits per heavy atom. The van der Waals surface area contributed by atoms with Crippen molar-refractivity contribution in [3.8, 4) is 0 Å². The van der Waals surface area contributed by atoms with E-state index >= 15 is 0 Å². The van der Waals surface area contributed by atoms with Gasteiger partial charge in [-0.3, -0.25) is 0 Å². The molecule has 0 aromatic rings. The Morgan fingerprint density at radius 1 is 1.37 bits per heavy atom. The van der Waals surface area contributed by atoms with Crippen molar-refractivity contribution in [1.29, 1.82) is 0 Å². The Morgan fingerprint density at radius 3 is 2.47 bits per heavy atom. The van der Waals surface area contributed by atoms with Gasteiger partial charge in [0, 0.05) is 13.0 Å². The van der Waals surface area contributed by atoms with Gasteiger partial charge in [-0.1, -0.05) is 5.16 Å². The molecular weight excluding hydrogens is 294 g/mol. The van der Waals surface area contributed by atoms with Gasteiger partial charge in [-0.2, -0.15) is 0 Å². The first-order valence-electron chi connectivity index (χ1n) is 5.92. The molecule has 1 heterocycles. The first kappa shape index (κ1) is 16.2. The topological polar surface area (TPSA) is 139 Å². The van der Waals surface area contributed by atoms with Crippen LogP contribution in [0.15, 0.2) is 5.16 Å². The van der Waals surface area contributed by atoms with Gasteiger partial charge in [0.2, 0.25) is 10.0 Å². The van der Waals surface area contributed by atoms with E-state index in [-0.39, 0.29) is 43.1 Å². The van der Waals surface area contributed by atoms with Crippen molar-refractivity contribution in [2.45, 2.75) is 30.9 Å². The van der Waals surface area contributed by atoms with Crippen molar-refractivity contribution in [3.05, 3.63) is 0 Å². The number of nitrogens with two attached hydrogens (primary N) is 1. The second kappa shape index (κ2) is 6.53. The van der Waals surface area contributed by atoms with E-state index in [2.05, 4.69) is 9.88 Å². The summed E-state index contributed by atoms with van der Waals surface area (Å²) in [4.78, 5) is 0. The van der Waals surface area contributed by atoms with Gasteiger partial charge in [0.1, 0.15) is 15.7 Å². The molecule has 1 aliphatic rings. The summed E-state index contributed by atoms with van der Waals surface area (Å²) in [5.41, 5.74) is 5.25. The van der Waals surface area contributed by atoms with Crippen molar-refractivity contribution in [2.24, 2.45) is 10.9 Å². The van der Waals surface area contributed by atoms with Crippen molar-refractivity contribution >= 4 is 25.7 Å². The minimum Gasteiger partial charge on any atom is -0.409 e. The van der Waals surface area contributed by atoms with E-state index in [4.69, 9.17) is 10.9 Å². The molecule has 0 bridgehead atoms. The average molecular weight is 313 g/mol. The molecule has 0 aromatic carbocycles. The maximum atomic E-state index is 11.9. The molecule has 0 radical (unpaired) electrons. The van der Waals surface area contributed by atoms with E-state index in [9.17, 15) is 16.8 Å². The highest BCUT2D eigenvalue weighted by Gasteiger charge is 2.32. The number of sulfone groups is 1. The highest BCUT2D eigenvalue weighted by molar-refractivity contribution is 7.92. The maximum absolute atomic E-state index is 11.9. The van der Waals surface area contributed by atoms with E-state index in [1.807, 2.05) is 0 Å². The van der Waals surface area contributed by atoms with Gasteiger partial charge in [0.05, 0.1) is 16.8 Å². The van der Waals surface area contributed by atoms with E-state index in [0.717, 1.165) is 0 Å². The summed E-state index contributed by atoms with van der Waals surface area (Å²) in [6, 6.07) is 0. The summed E-state index contributed by atoms with van der Waals surface area (Å²) < 4.78 is 48.7. The molecule has 0 atom stereocenters. The molecule has 4 N–H and O–H groups in total. The average Bonchev–Trinajstić information content (AvgIpc) is 2.33. The van der Waals surface area contributed by atoms with Crippen molar-refractivity contribution < 1.29 is 22.0 Å². The van der Waals surface area contributed by atoms with Crippen molar-refractivity contribution in [2.75, 3.05) is 18.1 Å². The number of nitrogens with zero attached hydrogens (tertiary/aromatic N) is 1. The third kappa shape index (κ3) is 5.33. The van der Waals surface area contributed by atoms with E-state index < -0.39 is 25.1 Å². The highest BCUT2D eigenvalue weighted by atomic mass is 32.2. The summed E-state index contributed by atoms with van der Waals surface area (Å²) in [6.07, 6.45) is 0.980. The molecule has 112 valence electrons. The minimum absolute atomic E-state index is 0.0444. The Balaban J connectivity index is 2.40. The molecule has 10 heteroatoms. The van der Waals surface area contributed by atoms with Crippen LogP contribution in [-0.4, -0.2) is 51.2 Å². The monoisotopic (exact) mass is 313 g/mol. The Kier molecular flexibility index (Phi) is 5.56. The zero-order valence-corrected chi connectivity index (χ0v) is 12.1. The minimum atomic E-state index is -3.50. The molecule has 19 heavy (non-hydrogen) atoms. The fourth-order valence-electron chi connectivity index (χ4n) is 1.83. The zero-order valence-electron chi connectivity index (χ0n) is 10.4. The van der Waals surface area contributed by atoms with Gasteiger partial charge in [0.15, 0.2) is 0 Å². The lowest BCUT2D eigenvalue weighted by Crippen LogP contribution is -2.40. The van der Waals surface area contributed by atoms with Crippen LogP contribution in [0.2, 0.25) is 0 Å². The second-order valence-corrected chi connectivity index (χ2v) is 8.83. The van der Waals surface area contributed by atoms with Crippen LogP contribution >= 0.6 is 0 Å². The van der Waals surface area contributed by atoms with Gasteiger partial charge in [-0.15, -0.1) is 0 Å². The van der Waals surface area contributed by atoms with Crippen LogP contribution in [-0.2, 0) is 19.9 Å². The summed E-state index contributed by atoms with van der Waals surface area (Å²) >= 11 is 0. The smallest absolute Gasteiger partial charge is 0.214 e. The lowest BCUT2D eigenvalue weighted by molar-refractivity contribution is 0.316. The van der Waals surface area contributed by atoms with Gasteiger partial charge in [0.25, 0.3) is 0 Å². The Labute approximate surface area is 113 Å². The summed E-state index contributed by atoms with van der Waals surface area (Å²) in [5, 5.41) is 10.4. The summed E-state index contributed by atoms with van der Waals surface area (Å²) in [5.74, 6) is -0.117. The van der Waals surface area contributed by atoms with Crippen LogP contribution in [0.4, 0.5) is 0 Å². The normalized spacial score (nSPS) is 21.4. The Bertz CT molecular complexity index is 512. The number of nitrogens with one attached hydrogen (secondary N) is 1. The highest BCUT2D eigenvalue weighted by Crippen LogP contribution is 2.18. The van der Waals surface area contributed by atoms with Crippen LogP contribution < -0.4 is 10.5 Å². The first-order chi connectivity index (χ1) is 8.77. The molecular formula is C9H19N3O5S2. The molecule has 0 aliphatic carbocycles. The third-order valence-electron chi connectivity index (χ3n) is 2.98. The van der Waals surface area contributed by atoms with Gasteiger partial charge in [-0.05, 0) is 19.3 Å². The van der Waals surface area contributed by atoms with Crippen LogP contribution in [0, 0.1) is 0 Å². The SMILES string of the molecule is N/C(CCCNS(=O)(=O)C1CCS(=O)(=O)CC1)=N/O. The molecule has 1 saturated heterocycles. The number of sulfonamides is 1. The maximum Gasteiger partial charge on any atom is 0.214 e. The first-order valence-corrected chi connectivity index (χ1v) is 9.29. The van der Waals surface area contributed by atoms with Gasteiger partial charge in [-0.25, -0.2) is 21.6 Å². The van der Waals surface area contributed by atoms with Crippen LogP contribution in [0.5, 0.6) is 0 Å². The quantitative estimate of drug-likeness (QED) is 0.189. The van der Waals surface area contributed by atoms with E-state index in [0.29, 0.717) is 6.42 Å². The van der Waals surface area contributed by atoms with Crippen LogP contribution in [0.1, 0.15) is 25.7 Å². The van der Waals surface area contributed by atoms with Crippen LogP contribution in [0.3, 0.4) is 0 Å². The molecule has 0 amide bonds. The molecule has 1 rings (SSSR count). The number of hydrogen-bond acceptors (Lipinski definition) is 6. The molecule has 1 fully saturated rings. The standard InChI is InChI=1S/C9H19N3O5S2/c10-9(12-13)2-1-5-11-19(16,17)8-3-6-18(14,15)7-4-8/h8,11,13H,1-7H2,(H2,10,12). The molecule has 8 nitrogen and oxygen atoms in total. The third-order valence-corrected chi connectivity index (χ3v) is 6.65. The molecule has 1 aliphatic heterocycles. The predicted molar refractivity (Wildman–Crippen MR) is 71.2 cm³/mol. The van der Waals surface area contributed by atoms with E-state index in [1.54, 1.807) is 0 Å². The van der Waals surface area contributed by atoms with Crippen LogP contribution in [0.25, 0.3) is 0 Å². The lowest BCUT2D eigenvalue weighted by Gasteiger charge is -2.22. The fraction of sp³-hybridized carbons (Fsp3) is 0.889. The lowest BCUT2D eigenvalue weighted by atomic mass is 10.2. The predicted octanol–water partition coefficient (Wildman–Crippen LogP) is -0.990. The van der Waals surface area contributed by atoms with Crippen molar-refractivity contribution in [3.63, 3.8) is 0 Å². The Hall–Kier alpha value is -0.870. The molecule has 0 unspecified atom stereocenters. The number of oxime groups is 1. The molecule has 0 spiro atoms. The summed E-state index contributed by atoms with van der Waals surface area (Å²) in [7, 11) is -6.56. The largest absolute Gasteiger partial charge is 0.409 e. The second-order valence-electron chi connectivity index (χ2n) is 4.49. The van der Waals surface area contributed by atoms with Crippen molar-refractivity contribution in [1.82, 2.24) is 4.72 Å². The van der Waals surface area contributed by atoms with E-state index in [1.165, 1.54) is 0 Å². The zero-order chi connectivity index (χ0) is 14.5. The summed E-state index contributed by atoms with van der Waals surface area (Å²) in [6.45, 7) is 0.182. The van der Waals surface area contributed by atoms with Gasteiger partial charge < -0.3 is 10.9 Å². The fourth-order valence-corrected chi connectivity index (χ4v) is 5.14. The number of amidine groups is 1. The molecule has 0 saturated carbocycles.